The van der Waals surface area contributed by atoms with E-state index in [1.54, 1.807) is 0 Å². The molecule has 0 amide bonds. The van der Waals surface area contributed by atoms with Crippen LogP contribution in [0.15, 0.2) is 35.9 Å². The zero-order valence-corrected chi connectivity index (χ0v) is 16.6. The third-order valence-electron chi connectivity index (χ3n) is 6.26. The molecule has 0 aromatic heterocycles. The van der Waals surface area contributed by atoms with E-state index in [4.69, 9.17) is 4.43 Å². The van der Waals surface area contributed by atoms with Gasteiger partial charge in [0.1, 0.15) is 0 Å². The van der Waals surface area contributed by atoms with Crippen LogP contribution in [0, 0.1) is 0 Å². The van der Waals surface area contributed by atoms with Crippen LogP contribution in [0.2, 0.25) is 18.1 Å². The Kier molecular flexibility index (Phi) is 5.96. The first kappa shape index (κ1) is 17.9. The summed E-state index contributed by atoms with van der Waals surface area (Å²) in [6.07, 6.45) is 6.66. The first-order valence-electron chi connectivity index (χ1n) is 9.87. The van der Waals surface area contributed by atoms with E-state index in [2.05, 4.69) is 62.1 Å². The standard InChI is InChI=1S/C21H33NOSi/c1-4-24(5-2,6-3)23-21-16-20-13-10-14-22(20)17-19(21)15-18-11-8-7-9-12-18/h7-9,11-12,15,20-21H,4-6,10,13-14,16-17H2,1-3H3/b19-15+/t20-,21+/m0/s1. The van der Waals surface area contributed by atoms with Gasteiger partial charge in [0, 0.05) is 12.6 Å². The van der Waals surface area contributed by atoms with Gasteiger partial charge >= 0.3 is 0 Å². The molecule has 0 bridgehead atoms. The number of rotatable bonds is 6. The molecule has 0 unspecified atom stereocenters. The maximum atomic E-state index is 6.96. The fourth-order valence-electron chi connectivity index (χ4n) is 4.43. The van der Waals surface area contributed by atoms with Crippen molar-refractivity contribution < 1.29 is 4.43 Å². The molecule has 1 aromatic carbocycles. The largest absolute Gasteiger partial charge is 0.410 e. The van der Waals surface area contributed by atoms with Gasteiger partial charge < -0.3 is 4.43 Å². The normalized spacial score (nSPS) is 26.7. The Labute approximate surface area is 149 Å². The summed E-state index contributed by atoms with van der Waals surface area (Å²) in [4.78, 5) is 2.68. The molecule has 2 nitrogen and oxygen atoms in total. The van der Waals surface area contributed by atoms with Crippen molar-refractivity contribution in [2.75, 3.05) is 13.1 Å². The highest BCUT2D eigenvalue weighted by Gasteiger charge is 2.39. The number of nitrogens with zero attached hydrogens (tertiary/aromatic N) is 1. The predicted molar refractivity (Wildman–Crippen MR) is 106 cm³/mol. The molecule has 132 valence electrons. The van der Waals surface area contributed by atoms with E-state index in [9.17, 15) is 0 Å². The molecule has 2 fully saturated rings. The molecule has 2 aliphatic rings. The minimum Gasteiger partial charge on any atom is -0.410 e. The number of piperidine rings is 1. The molecular formula is C21H33NOSi. The van der Waals surface area contributed by atoms with Gasteiger partial charge in [0.05, 0.1) is 6.10 Å². The zero-order chi connectivity index (χ0) is 17.0. The Bertz CT molecular complexity index is 544. The van der Waals surface area contributed by atoms with Gasteiger partial charge in [-0.2, -0.15) is 0 Å². The van der Waals surface area contributed by atoms with Crippen LogP contribution in [0.25, 0.3) is 6.08 Å². The average Bonchev–Trinajstić information content (AvgIpc) is 3.08. The zero-order valence-electron chi connectivity index (χ0n) is 15.6. The maximum Gasteiger partial charge on any atom is 0.192 e. The van der Waals surface area contributed by atoms with Crippen molar-refractivity contribution in [3.8, 4) is 0 Å². The fraction of sp³-hybridized carbons (Fsp3) is 0.619. The highest BCUT2D eigenvalue weighted by Crippen LogP contribution is 2.35. The van der Waals surface area contributed by atoms with Crippen LogP contribution in [0.4, 0.5) is 0 Å². The SMILES string of the molecule is CC[Si](CC)(CC)O[C@@H]1C[C@@H]2CCCN2C/C1=C\c1ccccc1. The summed E-state index contributed by atoms with van der Waals surface area (Å²) in [5.41, 5.74) is 2.82. The number of hydrogen-bond donors (Lipinski definition) is 0. The third-order valence-corrected chi connectivity index (χ3v) is 10.9. The summed E-state index contributed by atoms with van der Waals surface area (Å²) in [5.74, 6) is 0. The maximum absolute atomic E-state index is 6.96. The summed E-state index contributed by atoms with van der Waals surface area (Å²) in [7, 11) is -1.57. The van der Waals surface area contributed by atoms with E-state index in [1.807, 2.05) is 0 Å². The molecule has 1 aromatic rings. The topological polar surface area (TPSA) is 12.5 Å². The van der Waals surface area contributed by atoms with E-state index in [-0.39, 0.29) is 0 Å². The Morgan fingerprint density at radius 2 is 1.83 bits per heavy atom. The Morgan fingerprint density at radius 3 is 2.50 bits per heavy atom. The molecule has 2 heterocycles. The Hall–Kier alpha value is -0.903. The summed E-state index contributed by atoms with van der Waals surface area (Å²) in [5, 5.41) is 0. The van der Waals surface area contributed by atoms with Gasteiger partial charge in [-0.05, 0) is 55.1 Å². The first-order chi connectivity index (χ1) is 11.7. The van der Waals surface area contributed by atoms with Crippen molar-refractivity contribution >= 4 is 14.4 Å². The molecule has 0 spiro atoms. The number of fused-ring (bicyclic) bond motifs is 1. The minimum atomic E-state index is -1.57. The lowest BCUT2D eigenvalue weighted by molar-refractivity contribution is 0.118. The second-order valence-electron chi connectivity index (χ2n) is 7.48. The van der Waals surface area contributed by atoms with Crippen molar-refractivity contribution in [1.82, 2.24) is 4.90 Å². The van der Waals surface area contributed by atoms with Gasteiger partial charge in [-0.15, -0.1) is 0 Å². The number of benzene rings is 1. The minimum absolute atomic E-state index is 0.344. The number of hydrogen-bond acceptors (Lipinski definition) is 2. The van der Waals surface area contributed by atoms with E-state index in [0.717, 1.165) is 12.6 Å². The second-order valence-corrected chi connectivity index (χ2v) is 12.2. The smallest absolute Gasteiger partial charge is 0.192 e. The molecule has 0 saturated carbocycles. The fourth-order valence-corrected chi connectivity index (χ4v) is 7.28. The molecule has 0 aliphatic carbocycles. The quantitative estimate of drug-likeness (QED) is 0.647. The highest BCUT2D eigenvalue weighted by molar-refractivity contribution is 6.73. The average molecular weight is 344 g/mol. The summed E-state index contributed by atoms with van der Waals surface area (Å²) >= 11 is 0. The van der Waals surface area contributed by atoms with Gasteiger partial charge in [-0.3, -0.25) is 4.90 Å². The molecular weight excluding hydrogens is 310 g/mol. The molecule has 3 rings (SSSR count). The van der Waals surface area contributed by atoms with Crippen LogP contribution in [-0.2, 0) is 4.43 Å². The molecule has 0 radical (unpaired) electrons. The molecule has 2 atom stereocenters. The lowest BCUT2D eigenvalue weighted by atomic mass is 9.94. The van der Waals surface area contributed by atoms with Crippen molar-refractivity contribution in [1.29, 1.82) is 0 Å². The summed E-state index contributed by atoms with van der Waals surface area (Å²) in [6, 6.07) is 15.3. The van der Waals surface area contributed by atoms with E-state index < -0.39 is 8.32 Å². The van der Waals surface area contributed by atoms with Crippen molar-refractivity contribution in [2.45, 2.75) is 70.3 Å². The summed E-state index contributed by atoms with van der Waals surface area (Å²) in [6.45, 7) is 9.38. The lowest BCUT2D eigenvalue weighted by Gasteiger charge is -2.41. The first-order valence-corrected chi connectivity index (χ1v) is 12.4. The Morgan fingerprint density at radius 1 is 1.12 bits per heavy atom. The van der Waals surface area contributed by atoms with Crippen molar-refractivity contribution in [2.24, 2.45) is 0 Å². The van der Waals surface area contributed by atoms with Gasteiger partial charge in [-0.1, -0.05) is 57.2 Å². The summed E-state index contributed by atoms with van der Waals surface area (Å²) < 4.78 is 6.96. The van der Waals surface area contributed by atoms with Crippen LogP contribution in [-0.4, -0.2) is 38.5 Å². The van der Waals surface area contributed by atoms with Crippen LogP contribution >= 0.6 is 0 Å². The van der Waals surface area contributed by atoms with Gasteiger partial charge in [0.25, 0.3) is 0 Å². The molecule has 2 aliphatic heterocycles. The molecule has 3 heteroatoms. The third kappa shape index (κ3) is 3.84. The van der Waals surface area contributed by atoms with Crippen LogP contribution in [0.3, 0.4) is 0 Å². The van der Waals surface area contributed by atoms with E-state index >= 15 is 0 Å². The van der Waals surface area contributed by atoms with Gasteiger partial charge in [0.2, 0.25) is 0 Å². The monoisotopic (exact) mass is 343 g/mol. The van der Waals surface area contributed by atoms with Crippen LogP contribution < -0.4 is 0 Å². The highest BCUT2D eigenvalue weighted by atomic mass is 28.4. The van der Waals surface area contributed by atoms with Crippen molar-refractivity contribution in [3.05, 3.63) is 41.5 Å². The Balaban J connectivity index is 1.86. The van der Waals surface area contributed by atoms with E-state index in [0.29, 0.717) is 6.10 Å². The van der Waals surface area contributed by atoms with Gasteiger partial charge in [0.15, 0.2) is 8.32 Å². The lowest BCUT2D eigenvalue weighted by Crippen LogP contribution is -2.48. The van der Waals surface area contributed by atoms with Crippen LogP contribution in [0.5, 0.6) is 0 Å². The van der Waals surface area contributed by atoms with Crippen molar-refractivity contribution in [3.63, 3.8) is 0 Å². The second kappa shape index (κ2) is 7.98. The molecule has 2 saturated heterocycles. The molecule has 24 heavy (non-hydrogen) atoms. The van der Waals surface area contributed by atoms with Crippen LogP contribution in [0.1, 0.15) is 45.6 Å². The molecule has 0 N–H and O–H groups in total. The van der Waals surface area contributed by atoms with E-state index in [1.165, 1.54) is 55.1 Å². The predicted octanol–water partition coefficient (Wildman–Crippen LogP) is 5.33. The van der Waals surface area contributed by atoms with Gasteiger partial charge in [-0.25, -0.2) is 0 Å².